The van der Waals surface area contributed by atoms with Gasteiger partial charge in [0.05, 0.1) is 32.5 Å². The number of piperidine rings is 1. The Morgan fingerprint density at radius 2 is 2.27 bits per heavy atom. The lowest BCUT2D eigenvalue weighted by molar-refractivity contribution is -0.103. The van der Waals surface area contributed by atoms with Crippen LogP contribution in [-0.2, 0) is 20.8 Å². The summed E-state index contributed by atoms with van der Waals surface area (Å²) in [6, 6.07) is 4.06. The summed E-state index contributed by atoms with van der Waals surface area (Å²) in [6.07, 6.45) is 1.79. The van der Waals surface area contributed by atoms with Crippen LogP contribution in [0.25, 0.3) is 0 Å². The summed E-state index contributed by atoms with van der Waals surface area (Å²) < 4.78 is 16.8. The Morgan fingerprint density at radius 3 is 3.05 bits per heavy atom. The first kappa shape index (κ1) is 16.4. The number of hydrogen-bond acceptors (Lipinski definition) is 6. The fourth-order valence-corrected chi connectivity index (χ4v) is 3.81. The van der Waals surface area contributed by atoms with Crippen molar-refractivity contribution in [1.82, 2.24) is 4.90 Å². The molecule has 124 valence electrons. The fraction of sp³-hybridized carbons (Fsp3) is 0.750. The van der Waals surface area contributed by atoms with Crippen molar-refractivity contribution < 1.29 is 19.3 Å². The molecule has 1 aromatic heterocycles. The molecule has 22 heavy (non-hydrogen) atoms. The predicted octanol–water partition coefficient (Wildman–Crippen LogP) is 1.71. The Kier molecular flexibility index (Phi) is 6.23. The Balaban J connectivity index is 1.36. The van der Waals surface area contributed by atoms with Gasteiger partial charge in [-0.25, -0.2) is 0 Å². The molecule has 2 atom stereocenters. The highest BCUT2D eigenvalue weighted by Gasteiger charge is 2.31. The number of rotatable bonds is 7. The summed E-state index contributed by atoms with van der Waals surface area (Å²) in [5.74, 6) is 0.426. The molecule has 1 N–H and O–H groups in total. The maximum absolute atomic E-state index is 10.2. The molecule has 3 heterocycles. The molecule has 0 spiro atoms. The van der Waals surface area contributed by atoms with Crippen LogP contribution in [0.15, 0.2) is 17.5 Å². The predicted molar refractivity (Wildman–Crippen MR) is 84.8 cm³/mol. The third-order valence-corrected chi connectivity index (χ3v) is 5.03. The van der Waals surface area contributed by atoms with Crippen molar-refractivity contribution >= 4 is 11.3 Å². The zero-order chi connectivity index (χ0) is 15.2. The second-order valence-corrected chi connectivity index (χ2v) is 7.05. The molecule has 0 amide bonds. The van der Waals surface area contributed by atoms with Crippen LogP contribution in [0.2, 0.25) is 0 Å². The molecule has 2 aliphatic heterocycles. The van der Waals surface area contributed by atoms with E-state index in [1.807, 2.05) is 17.5 Å². The van der Waals surface area contributed by atoms with E-state index in [2.05, 4.69) is 4.90 Å². The van der Waals surface area contributed by atoms with Gasteiger partial charge in [-0.1, -0.05) is 6.07 Å². The molecule has 0 aromatic carbocycles. The minimum absolute atomic E-state index is 0.0463. The minimum atomic E-state index is -0.441. The third kappa shape index (κ3) is 4.75. The molecule has 2 aliphatic rings. The van der Waals surface area contributed by atoms with E-state index in [1.54, 1.807) is 11.3 Å². The van der Waals surface area contributed by atoms with Crippen LogP contribution in [0.1, 0.15) is 17.7 Å². The summed E-state index contributed by atoms with van der Waals surface area (Å²) in [6.45, 7) is 5.02. The molecular weight excluding hydrogens is 302 g/mol. The zero-order valence-corrected chi connectivity index (χ0v) is 13.7. The molecule has 2 fully saturated rings. The van der Waals surface area contributed by atoms with Crippen LogP contribution >= 0.6 is 11.3 Å². The molecule has 5 nitrogen and oxygen atoms in total. The summed E-state index contributed by atoms with van der Waals surface area (Å²) in [4.78, 5) is 3.50. The number of β-amino-alcohol motifs (C(OH)–C–C–N with tert-alkyl or cyclic N) is 1. The number of aliphatic hydroxyl groups excluding tert-OH is 1. The highest BCUT2D eigenvalue weighted by atomic mass is 32.1. The minimum Gasteiger partial charge on any atom is -0.389 e. The van der Waals surface area contributed by atoms with Crippen molar-refractivity contribution in [1.29, 1.82) is 0 Å². The number of ether oxygens (including phenoxy) is 3. The van der Waals surface area contributed by atoms with Gasteiger partial charge < -0.3 is 24.2 Å². The molecule has 6 heteroatoms. The van der Waals surface area contributed by atoms with E-state index >= 15 is 0 Å². The summed E-state index contributed by atoms with van der Waals surface area (Å²) in [5, 5.41) is 12.2. The summed E-state index contributed by atoms with van der Waals surface area (Å²) >= 11 is 1.68. The van der Waals surface area contributed by atoms with E-state index < -0.39 is 6.10 Å². The van der Waals surface area contributed by atoms with Crippen LogP contribution in [-0.4, -0.2) is 61.9 Å². The quantitative estimate of drug-likeness (QED) is 0.826. The first-order valence-corrected chi connectivity index (χ1v) is 8.93. The van der Waals surface area contributed by atoms with Crippen molar-refractivity contribution in [3.63, 3.8) is 0 Å². The number of aliphatic hydroxyl groups is 1. The normalized spacial score (nSPS) is 25.6. The van der Waals surface area contributed by atoms with Gasteiger partial charge in [0.2, 0.25) is 0 Å². The van der Waals surface area contributed by atoms with Gasteiger partial charge >= 0.3 is 0 Å². The van der Waals surface area contributed by atoms with E-state index in [0.29, 0.717) is 38.9 Å². The molecule has 2 unspecified atom stereocenters. The van der Waals surface area contributed by atoms with Crippen LogP contribution in [0.5, 0.6) is 0 Å². The van der Waals surface area contributed by atoms with Gasteiger partial charge in [0, 0.05) is 23.9 Å². The maximum Gasteiger partial charge on any atom is 0.161 e. The third-order valence-electron chi connectivity index (χ3n) is 4.18. The monoisotopic (exact) mass is 327 g/mol. The standard InChI is InChI=1S/C16H25NO4S/c18-14(11-19-12-15-4-2-8-22-15)10-17-5-1-3-13(9-17)16-20-6-7-21-16/h2,4,8,13-14,16,18H,1,3,5-7,9-12H2. The van der Waals surface area contributed by atoms with Crippen molar-refractivity contribution in [3.05, 3.63) is 22.4 Å². The SMILES string of the molecule is OC(COCc1cccs1)CN1CCCC(C2OCCO2)C1. The molecule has 0 radical (unpaired) electrons. The van der Waals surface area contributed by atoms with Crippen molar-refractivity contribution in [2.24, 2.45) is 5.92 Å². The molecule has 0 aliphatic carbocycles. The largest absolute Gasteiger partial charge is 0.389 e. The van der Waals surface area contributed by atoms with Crippen molar-refractivity contribution in [2.75, 3.05) is 39.5 Å². The van der Waals surface area contributed by atoms with Crippen LogP contribution < -0.4 is 0 Å². The second kappa shape index (κ2) is 8.38. The molecule has 0 saturated carbocycles. The molecular formula is C16H25NO4S. The molecule has 2 saturated heterocycles. The van der Waals surface area contributed by atoms with Crippen LogP contribution in [0.3, 0.4) is 0 Å². The zero-order valence-electron chi connectivity index (χ0n) is 12.9. The van der Waals surface area contributed by atoms with Gasteiger partial charge in [-0.3, -0.25) is 0 Å². The van der Waals surface area contributed by atoms with E-state index in [0.717, 1.165) is 25.9 Å². The van der Waals surface area contributed by atoms with Gasteiger partial charge in [-0.05, 0) is 30.8 Å². The molecule has 3 rings (SSSR count). The highest BCUT2D eigenvalue weighted by Crippen LogP contribution is 2.24. The van der Waals surface area contributed by atoms with Gasteiger partial charge in [0.1, 0.15) is 0 Å². The summed E-state index contributed by atoms with van der Waals surface area (Å²) in [7, 11) is 0. The topological polar surface area (TPSA) is 51.2 Å². The smallest absolute Gasteiger partial charge is 0.161 e. The fourth-order valence-electron chi connectivity index (χ4n) is 3.17. The van der Waals surface area contributed by atoms with Gasteiger partial charge in [0.15, 0.2) is 6.29 Å². The second-order valence-electron chi connectivity index (χ2n) is 6.02. The van der Waals surface area contributed by atoms with Crippen molar-refractivity contribution in [3.8, 4) is 0 Å². The Morgan fingerprint density at radius 1 is 1.41 bits per heavy atom. The lowest BCUT2D eigenvalue weighted by Gasteiger charge is -2.35. The highest BCUT2D eigenvalue weighted by molar-refractivity contribution is 7.09. The van der Waals surface area contributed by atoms with E-state index in [4.69, 9.17) is 14.2 Å². The van der Waals surface area contributed by atoms with Crippen molar-refractivity contribution in [2.45, 2.75) is 31.8 Å². The van der Waals surface area contributed by atoms with E-state index in [1.165, 1.54) is 4.88 Å². The van der Waals surface area contributed by atoms with Gasteiger partial charge in [0.25, 0.3) is 0 Å². The lowest BCUT2D eigenvalue weighted by atomic mass is 9.97. The molecule has 0 bridgehead atoms. The Labute approximate surface area is 135 Å². The van der Waals surface area contributed by atoms with Gasteiger partial charge in [-0.2, -0.15) is 0 Å². The summed E-state index contributed by atoms with van der Waals surface area (Å²) in [5.41, 5.74) is 0. The van der Waals surface area contributed by atoms with Gasteiger partial charge in [-0.15, -0.1) is 11.3 Å². The average molecular weight is 327 g/mol. The van der Waals surface area contributed by atoms with Crippen LogP contribution in [0.4, 0.5) is 0 Å². The number of likely N-dealkylation sites (tertiary alicyclic amines) is 1. The van der Waals surface area contributed by atoms with Crippen LogP contribution in [0, 0.1) is 5.92 Å². The Bertz CT molecular complexity index is 422. The van der Waals surface area contributed by atoms with E-state index in [9.17, 15) is 5.11 Å². The lowest BCUT2D eigenvalue weighted by Crippen LogP contribution is -2.44. The maximum atomic E-state index is 10.2. The number of nitrogens with zero attached hydrogens (tertiary/aromatic N) is 1. The first-order valence-electron chi connectivity index (χ1n) is 8.05. The Hall–Kier alpha value is -0.500. The van der Waals surface area contributed by atoms with E-state index in [-0.39, 0.29) is 6.29 Å². The number of hydrogen-bond donors (Lipinski definition) is 1. The molecule has 1 aromatic rings. The average Bonchev–Trinajstić information content (AvgIpc) is 3.21. The first-order chi connectivity index (χ1) is 10.8. The number of thiophene rings is 1.